The van der Waals surface area contributed by atoms with Crippen LogP contribution in [0.3, 0.4) is 0 Å². The second-order valence-corrected chi connectivity index (χ2v) is 8.87. The first-order chi connectivity index (χ1) is 16.5. The number of hydrogen-bond acceptors (Lipinski definition) is 6. The summed E-state index contributed by atoms with van der Waals surface area (Å²) in [5.74, 6) is -0.302. The lowest BCUT2D eigenvalue weighted by Crippen LogP contribution is -2.29. The fraction of sp³-hybridized carbons (Fsp3) is 0.115. The molecule has 3 aromatic carbocycles. The van der Waals surface area contributed by atoms with Gasteiger partial charge in [-0.05, 0) is 55.0 Å². The van der Waals surface area contributed by atoms with Crippen molar-refractivity contribution in [2.45, 2.75) is 13.0 Å². The second-order valence-electron chi connectivity index (χ2n) is 7.86. The third-order valence-corrected chi connectivity index (χ3v) is 6.83. The lowest BCUT2D eigenvalue weighted by atomic mass is 9.98. The number of aromatic nitrogens is 1. The smallest absolute Gasteiger partial charge is 0.297 e. The molecule has 0 bridgehead atoms. The maximum Gasteiger partial charge on any atom is 0.297 e. The molecule has 1 amide bonds. The van der Waals surface area contributed by atoms with Crippen LogP contribution in [0.4, 0.5) is 9.52 Å². The Kier molecular flexibility index (Phi) is 4.70. The predicted octanol–water partition coefficient (Wildman–Crippen LogP) is 5.69. The minimum absolute atomic E-state index is 0.0489. The summed E-state index contributed by atoms with van der Waals surface area (Å²) in [6.45, 7) is 2.43. The normalized spacial score (nSPS) is 15.3. The van der Waals surface area contributed by atoms with Gasteiger partial charge in [0, 0.05) is 0 Å². The van der Waals surface area contributed by atoms with Gasteiger partial charge in [0.15, 0.2) is 10.6 Å². The van der Waals surface area contributed by atoms with Gasteiger partial charge in [0.25, 0.3) is 5.91 Å². The van der Waals surface area contributed by atoms with Crippen molar-refractivity contribution < 1.29 is 18.3 Å². The van der Waals surface area contributed by atoms with E-state index in [1.165, 1.54) is 28.4 Å². The number of hydrogen-bond donors (Lipinski definition) is 0. The molecular weight excluding hydrogens is 455 g/mol. The van der Waals surface area contributed by atoms with Crippen molar-refractivity contribution in [1.29, 1.82) is 0 Å². The summed E-state index contributed by atoms with van der Waals surface area (Å²) < 4.78 is 26.6. The lowest BCUT2D eigenvalue weighted by molar-refractivity contribution is 0.0971. The first-order valence-electron chi connectivity index (χ1n) is 10.7. The third-order valence-electron chi connectivity index (χ3n) is 5.81. The number of thiazole rings is 1. The van der Waals surface area contributed by atoms with Crippen LogP contribution in [0.15, 0.2) is 75.9 Å². The number of fused-ring (bicyclic) bond motifs is 3. The Hall–Kier alpha value is -4.04. The van der Waals surface area contributed by atoms with E-state index in [2.05, 4.69) is 4.98 Å². The molecule has 0 fully saturated rings. The number of carbonyl (C=O) groups is 1. The van der Waals surface area contributed by atoms with Crippen molar-refractivity contribution >= 4 is 43.6 Å². The molecular formula is C26H17FN2O4S. The highest BCUT2D eigenvalue weighted by Gasteiger charge is 2.45. The van der Waals surface area contributed by atoms with Gasteiger partial charge in [0.05, 0.1) is 33.8 Å². The maximum atomic E-state index is 14.2. The summed E-state index contributed by atoms with van der Waals surface area (Å²) in [4.78, 5) is 33.3. The molecule has 0 spiro atoms. The summed E-state index contributed by atoms with van der Waals surface area (Å²) >= 11 is 1.30. The van der Waals surface area contributed by atoms with Crippen LogP contribution < -0.4 is 15.1 Å². The molecule has 0 N–H and O–H groups in total. The minimum Gasteiger partial charge on any atom is -0.494 e. The Morgan fingerprint density at radius 2 is 1.94 bits per heavy atom. The first-order valence-corrected chi connectivity index (χ1v) is 11.5. The van der Waals surface area contributed by atoms with E-state index in [0.717, 1.165) is 4.70 Å². The molecule has 6 nitrogen and oxygen atoms in total. The van der Waals surface area contributed by atoms with Gasteiger partial charge in [-0.1, -0.05) is 35.6 Å². The van der Waals surface area contributed by atoms with Gasteiger partial charge in [0.2, 0.25) is 5.76 Å². The molecule has 3 heterocycles. The van der Waals surface area contributed by atoms with Crippen LogP contribution in [0.1, 0.15) is 34.6 Å². The molecule has 168 valence electrons. The predicted molar refractivity (Wildman–Crippen MR) is 128 cm³/mol. The molecule has 0 aliphatic carbocycles. The number of ether oxygens (including phenoxy) is 1. The number of benzene rings is 3. The van der Waals surface area contributed by atoms with Gasteiger partial charge in [0.1, 0.15) is 17.1 Å². The molecule has 0 saturated heterocycles. The van der Waals surface area contributed by atoms with Crippen molar-refractivity contribution in [2.24, 2.45) is 0 Å². The van der Waals surface area contributed by atoms with Crippen molar-refractivity contribution in [1.82, 2.24) is 4.98 Å². The van der Waals surface area contributed by atoms with E-state index in [-0.39, 0.29) is 16.8 Å². The molecule has 2 aromatic heterocycles. The van der Waals surface area contributed by atoms with Crippen LogP contribution >= 0.6 is 11.3 Å². The zero-order valence-corrected chi connectivity index (χ0v) is 18.8. The quantitative estimate of drug-likeness (QED) is 0.336. The van der Waals surface area contributed by atoms with Crippen LogP contribution in [-0.4, -0.2) is 17.5 Å². The zero-order valence-electron chi connectivity index (χ0n) is 17.9. The Morgan fingerprint density at radius 1 is 1.09 bits per heavy atom. The van der Waals surface area contributed by atoms with Gasteiger partial charge in [-0.15, -0.1) is 0 Å². The SMILES string of the molecule is CCOc1ccc2nc(N3C(=O)c4oc5ccccc5c(=O)c4C3c3cccc(F)c3)sc2c1. The van der Waals surface area contributed by atoms with Crippen molar-refractivity contribution in [3.8, 4) is 5.75 Å². The minimum atomic E-state index is -0.869. The molecule has 6 rings (SSSR count). The molecule has 0 radical (unpaired) electrons. The third kappa shape index (κ3) is 3.10. The van der Waals surface area contributed by atoms with Gasteiger partial charge in [-0.25, -0.2) is 9.37 Å². The number of para-hydroxylation sites is 1. The number of halogens is 1. The standard InChI is InChI=1S/C26H17FN2O4S/c1-2-32-16-10-11-18-20(13-16)34-26(28-18)29-22(14-6-5-7-15(27)12-14)21-23(30)17-8-3-4-9-19(17)33-24(21)25(29)31/h3-13,22H,2H2,1H3. The van der Waals surface area contributed by atoms with Crippen molar-refractivity contribution in [3.63, 3.8) is 0 Å². The van der Waals surface area contributed by atoms with Crippen molar-refractivity contribution in [2.75, 3.05) is 11.5 Å². The van der Waals surface area contributed by atoms with E-state index in [4.69, 9.17) is 9.15 Å². The Bertz CT molecular complexity index is 1660. The van der Waals surface area contributed by atoms with Gasteiger partial charge in [-0.2, -0.15) is 0 Å². The van der Waals surface area contributed by atoms with Crippen LogP contribution in [0.2, 0.25) is 0 Å². The highest BCUT2D eigenvalue weighted by Crippen LogP contribution is 2.44. The fourth-order valence-electron chi connectivity index (χ4n) is 4.36. The molecule has 5 aromatic rings. The molecule has 1 aliphatic rings. The number of amides is 1. The Balaban J connectivity index is 1.59. The molecule has 34 heavy (non-hydrogen) atoms. The molecule has 1 unspecified atom stereocenters. The second kappa shape index (κ2) is 7.78. The van der Waals surface area contributed by atoms with E-state index >= 15 is 0 Å². The maximum absolute atomic E-state index is 14.2. The van der Waals surface area contributed by atoms with E-state index in [9.17, 15) is 14.0 Å². The summed E-state index contributed by atoms with van der Waals surface area (Å²) in [5.41, 5.74) is 1.34. The lowest BCUT2D eigenvalue weighted by Gasteiger charge is -2.22. The molecule has 8 heteroatoms. The number of nitrogens with zero attached hydrogens (tertiary/aromatic N) is 2. The van der Waals surface area contributed by atoms with Gasteiger partial charge >= 0.3 is 0 Å². The summed E-state index contributed by atoms with van der Waals surface area (Å²) in [5, 5.41) is 0.751. The van der Waals surface area contributed by atoms with E-state index in [1.807, 2.05) is 25.1 Å². The topological polar surface area (TPSA) is 72.6 Å². The first kappa shape index (κ1) is 20.6. The van der Waals surface area contributed by atoms with E-state index < -0.39 is 17.8 Å². The number of rotatable bonds is 4. The molecule has 0 saturated carbocycles. The fourth-order valence-corrected chi connectivity index (χ4v) is 5.38. The van der Waals surface area contributed by atoms with Gasteiger partial charge in [-0.3, -0.25) is 14.5 Å². The Labute approximate surface area is 196 Å². The van der Waals surface area contributed by atoms with Crippen LogP contribution in [-0.2, 0) is 0 Å². The van der Waals surface area contributed by atoms with E-state index in [1.54, 1.807) is 36.4 Å². The van der Waals surface area contributed by atoms with E-state index in [0.29, 0.717) is 39.5 Å². The van der Waals surface area contributed by atoms with Crippen LogP contribution in [0.5, 0.6) is 5.75 Å². The van der Waals surface area contributed by atoms with Crippen LogP contribution in [0, 0.1) is 5.82 Å². The van der Waals surface area contributed by atoms with Gasteiger partial charge < -0.3 is 9.15 Å². The zero-order chi connectivity index (χ0) is 23.4. The highest BCUT2D eigenvalue weighted by molar-refractivity contribution is 7.22. The molecule has 1 aliphatic heterocycles. The van der Waals surface area contributed by atoms with Crippen molar-refractivity contribution in [3.05, 3.63) is 99.7 Å². The largest absolute Gasteiger partial charge is 0.494 e. The Morgan fingerprint density at radius 3 is 2.76 bits per heavy atom. The number of carbonyl (C=O) groups excluding carboxylic acids is 1. The average Bonchev–Trinajstić information content (AvgIpc) is 3.38. The molecule has 1 atom stereocenters. The summed E-state index contributed by atoms with van der Waals surface area (Å²) in [7, 11) is 0. The average molecular weight is 472 g/mol. The van der Waals surface area contributed by atoms with Crippen LogP contribution in [0.25, 0.3) is 21.2 Å². The summed E-state index contributed by atoms with van der Waals surface area (Å²) in [6, 6.07) is 17.3. The summed E-state index contributed by atoms with van der Waals surface area (Å²) in [6.07, 6.45) is 0. The number of anilines is 1. The monoisotopic (exact) mass is 472 g/mol. The highest BCUT2D eigenvalue weighted by atomic mass is 32.1.